The number of hydrogen-bond donors (Lipinski definition) is 3. The van der Waals surface area contributed by atoms with Crippen molar-refractivity contribution in [2.24, 2.45) is 11.8 Å². The third-order valence-electron chi connectivity index (χ3n) is 6.18. The number of halogens is 1. The van der Waals surface area contributed by atoms with Crippen LogP contribution < -0.4 is 15.4 Å². The van der Waals surface area contributed by atoms with Gasteiger partial charge in [0, 0.05) is 30.6 Å². The first kappa shape index (κ1) is 25.0. The summed E-state index contributed by atoms with van der Waals surface area (Å²) in [5.74, 6) is -0.315. The Kier molecular flexibility index (Phi) is 8.93. The zero-order valence-corrected chi connectivity index (χ0v) is 19.9. The van der Waals surface area contributed by atoms with Gasteiger partial charge in [-0.1, -0.05) is 11.6 Å². The van der Waals surface area contributed by atoms with Crippen LogP contribution in [0.5, 0.6) is 0 Å². The second kappa shape index (κ2) is 11.4. The van der Waals surface area contributed by atoms with E-state index in [2.05, 4.69) is 15.4 Å². The van der Waals surface area contributed by atoms with E-state index in [0.29, 0.717) is 31.0 Å². The van der Waals surface area contributed by atoms with Crippen LogP contribution in [0.1, 0.15) is 45.4 Å². The monoisotopic (exact) mass is 485 g/mol. The summed E-state index contributed by atoms with van der Waals surface area (Å²) in [6, 6.07) is 5.44. The van der Waals surface area contributed by atoms with Crippen molar-refractivity contribution in [3.63, 3.8) is 0 Å². The first-order chi connectivity index (χ1) is 15.2. The molecule has 178 valence electrons. The predicted octanol–water partition coefficient (Wildman–Crippen LogP) is 2.22. The molecule has 3 rings (SSSR count). The molecule has 0 radical (unpaired) electrons. The van der Waals surface area contributed by atoms with Crippen LogP contribution >= 0.6 is 11.6 Å². The van der Waals surface area contributed by atoms with Gasteiger partial charge in [-0.15, -0.1) is 0 Å². The summed E-state index contributed by atoms with van der Waals surface area (Å²) in [4.78, 5) is 25.0. The van der Waals surface area contributed by atoms with Crippen molar-refractivity contribution in [2.45, 2.75) is 62.5 Å². The van der Waals surface area contributed by atoms with E-state index in [9.17, 15) is 18.0 Å². The molecule has 0 bridgehead atoms. The van der Waals surface area contributed by atoms with Gasteiger partial charge < -0.3 is 15.4 Å². The molecule has 0 aromatic heterocycles. The molecule has 2 fully saturated rings. The number of hydrogen-bond acceptors (Lipinski definition) is 5. The number of nitrogens with one attached hydrogen (secondary N) is 3. The summed E-state index contributed by atoms with van der Waals surface area (Å²) >= 11 is 5.82. The Labute approximate surface area is 194 Å². The van der Waals surface area contributed by atoms with Gasteiger partial charge in [0.05, 0.1) is 11.0 Å². The van der Waals surface area contributed by atoms with Crippen molar-refractivity contribution in [2.75, 3.05) is 19.7 Å². The van der Waals surface area contributed by atoms with Crippen LogP contribution in [0.2, 0.25) is 5.02 Å². The number of amides is 2. The fourth-order valence-corrected chi connectivity index (χ4v) is 5.37. The van der Waals surface area contributed by atoms with Crippen molar-refractivity contribution >= 4 is 33.4 Å². The van der Waals surface area contributed by atoms with Gasteiger partial charge in [-0.05, 0) is 75.6 Å². The molecule has 8 nitrogen and oxygen atoms in total. The normalized spacial score (nSPS) is 24.6. The predicted molar refractivity (Wildman–Crippen MR) is 122 cm³/mol. The topological polar surface area (TPSA) is 114 Å². The van der Waals surface area contributed by atoms with E-state index in [-0.39, 0.29) is 34.6 Å². The third kappa shape index (κ3) is 7.16. The molecule has 1 aromatic rings. The molecule has 2 aliphatic rings. The Bertz CT molecular complexity index is 879. The second-order valence-electron chi connectivity index (χ2n) is 8.63. The maximum Gasteiger partial charge on any atom is 0.242 e. The highest BCUT2D eigenvalue weighted by atomic mass is 35.5. The van der Waals surface area contributed by atoms with Gasteiger partial charge >= 0.3 is 0 Å². The zero-order valence-electron chi connectivity index (χ0n) is 18.3. The van der Waals surface area contributed by atoms with E-state index >= 15 is 0 Å². The van der Waals surface area contributed by atoms with Crippen LogP contribution in [0, 0.1) is 11.8 Å². The van der Waals surface area contributed by atoms with Crippen LogP contribution in [0.4, 0.5) is 0 Å². The lowest BCUT2D eigenvalue weighted by Gasteiger charge is -2.28. The molecule has 10 heteroatoms. The molecule has 1 saturated heterocycles. The summed E-state index contributed by atoms with van der Waals surface area (Å²) in [5, 5.41) is 6.13. The molecule has 1 aromatic carbocycles. The number of carbonyl (C=O) groups is 2. The third-order valence-corrected chi connectivity index (χ3v) is 7.87. The molecule has 2 unspecified atom stereocenters. The molecule has 1 heterocycles. The lowest BCUT2D eigenvalue weighted by molar-refractivity contribution is -0.131. The largest absolute Gasteiger partial charge is 0.376 e. The zero-order chi connectivity index (χ0) is 23.1. The molecule has 2 atom stereocenters. The van der Waals surface area contributed by atoms with Crippen molar-refractivity contribution in [3.8, 4) is 0 Å². The van der Waals surface area contributed by atoms with E-state index in [1.165, 1.54) is 12.1 Å². The Morgan fingerprint density at radius 3 is 2.41 bits per heavy atom. The van der Waals surface area contributed by atoms with Crippen molar-refractivity contribution in [1.29, 1.82) is 0 Å². The number of benzene rings is 1. The molecule has 1 aliphatic carbocycles. The van der Waals surface area contributed by atoms with E-state index in [4.69, 9.17) is 16.3 Å². The molecular weight excluding hydrogens is 454 g/mol. The standard InChI is InChI=1S/C22H32ClN3O5S/c1-15(21(27)24-14-19-3-2-12-31-19)26-22(28)17-6-4-16(5-7-17)13-25-32(29,30)20-10-8-18(23)9-11-20/h8-11,15-17,19,25H,2-7,12-14H2,1H3,(H,24,27)(H,26,28). The highest BCUT2D eigenvalue weighted by molar-refractivity contribution is 7.89. The molecule has 3 N–H and O–H groups in total. The lowest BCUT2D eigenvalue weighted by atomic mass is 9.81. The molecule has 32 heavy (non-hydrogen) atoms. The second-order valence-corrected chi connectivity index (χ2v) is 10.8. The van der Waals surface area contributed by atoms with Gasteiger partial charge in [-0.2, -0.15) is 0 Å². The van der Waals surface area contributed by atoms with Gasteiger partial charge in [0.2, 0.25) is 21.8 Å². The number of rotatable bonds is 9. The molecule has 0 spiro atoms. The molecular formula is C22H32ClN3O5S. The highest BCUT2D eigenvalue weighted by Crippen LogP contribution is 2.29. The van der Waals surface area contributed by atoms with E-state index in [1.807, 2.05) is 0 Å². The summed E-state index contributed by atoms with van der Waals surface area (Å²) in [6.07, 6.45) is 4.86. The average molecular weight is 486 g/mol. The maximum absolute atomic E-state index is 12.6. The SMILES string of the molecule is CC(NC(=O)C1CCC(CNS(=O)(=O)c2ccc(Cl)cc2)CC1)C(=O)NCC1CCCO1. The molecule has 1 aliphatic heterocycles. The fraction of sp³-hybridized carbons (Fsp3) is 0.636. The van der Waals surface area contributed by atoms with Crippen molar-refractivity contribution < 1.29 is 22.7 Å². The number of carbonyl (C=O) groups excluding carboxylic acids is 2. The quantitative estimate of drug-likeness (QED) is 0.496. The van der Waals surface area contributed by atoms with Gasteiger partial charge in [0.25, 0.3) is 0 Å². The van der Waals surface area contributed by atoms with Crippen LogP contribution in [-0.4, -0.2) is 52.1 Å². The minimum Gasteiger partial charge on any atom is -0.376 e. The van der Waals surface area contributed by atoms with Crippen molar-refractivity contribution in [3.05, 3.63) is 29.3 Å². The number of sulfonamides is 1. The highest BCUT2D eigenvalue weighted by Gasteiger charge is 2.29. The lowest BCUT2D eigenvalue weighted by Crippen LogP contribution is -2.48. The van der Waals surface area contributed by atoms with Crippen LogP contribution in [0.3, 0.4) is 0 Å². The van der Waals surface area contributed by atoms with E-state index in [1.54, 1.807) is 19.1 Å². The maximum atomic E-state index is 12.6. The minimum atomic E-state index is -3.58. The Morgan fingerprint density at radius 2 is 1.78 bits per heavy atom. The van der Waals surface area contributed by atoms with E-state index in [0.717, 1.165) is 32.3 Å². The first-order valence-electron chi connectivity index (χ1n) is 11.2. The summed E-state index contributed by atoms with van der Waals surface area (Å²) in [5.41, 5.74) is 0. The van der Waals surface area contributed by atoms with Gasteiger partial charge in [-0.3, -0.25) is 9.59 Å². The van der Waals surface area contributed by atoms with Crippen LogP contribution in [-0.2, 0) is 24.3 Å². The minimum absolute atomic E-state index is 0.0641. The van der Waals surface area contributed by atoms with Crippen molar-refractivity contribution in [1.82, 2.24) is 15.4 Å². The smallest absolute Gasteiger partial charge is 0.242 e. The first-order valence-corrected chi connectivity index (χ1v) is 13.1. The van der Waals surface area contributed by atoms with Crippen LogP contribution in [0.15, 0.2) is 29.2 Å². The summed E-state index contributed by atoms with van der Waals surface area (Å²) in [6.45, 7) is 3.22. The van der Waals surface area contributed by atoms with Gasteiger partial charge in [0.15, 0.2) is 0 Å². The Morgan fingerprint density at radius 1 is 1.09 bits per heavy atom. The van der Waals surface area contributed by atoms with Crippen LogP contribution in [0.25, 0.3) is 0 Å². The Hall–Kier alpha value is -1.68. The van der Waals surface area contributed by atoms with Gasteiger partial charge in [0.1, 0.15) is 6.04 Å². The fourth-order valence-electron chi connectivity index (χ4n) is 4.12. The van der Waals surface area contributed by atoms with Gasteiger partial charge in [-0.25, -0.2) is 13.1 Å². The molecule has 2 amide bonds. The Balaban J connectivity index is 1.37. The van der Waals surface area contributed by atoms with E-state index < -0.39 is 16.1 Å². The number of ether oxygens (including phenoxy) is 1. The summed E-state index contributed by atoms with van der Waals surface area (Å²) < 4.78 is 33.0. The average Bonchev–Trinajstić information content (AvgIpc) is 3.30. The molecule has 1 saturated carbocycles. The summed E-state index contributed by atoms with van der Waals surface area (Å²) in [7, 11) is -3.58.